The van der Waals surface area contributed by atoms with E-state index in [2.05, 4.69) is 25.6 Å². The molecule has 2 aromatic heterocycles. The SMILES string of the molecule is Cc1ncccc1-c1nn[nH]n1. The highest BCUT2D eigenvalue weighted by Gasteiger charge is 2.04. The topological polar surface area (TPSA) is 67.3 Å². The molecule has 0 bridgehead atoms. The first-order valence-corrected chi connectivity index (χ1v) is 3.53. The van der Waals surface area contributed by atoms with Crippen molar-refractivity contribution in [2.75, 3.05) is 0 Å². The average molecular weight is 161 g/mol. The summed E-state index contributed by atoms with van der Waals surface area (Å²) in [5.41, 5.74) is 1.81. The molecule has 0 unspecified atom stereocenters. The van der Waals surface area contributed by atoms with Crippen LogP contribution in [0.3, 0.4) is 0 Å². The highest BCUT2D eigenvalue weighted by atomic mass is 15.5. The number of aromatic nitrogens is 5. The molecule has 5 nitrogen and oxygen atoms in total. The summed E-state index contributed by atoms with van der Waals surface area (Å²) in [5.74, 6) is 0.584. The third kappa shape index (κ3) is 1.05. The Balaban J connectivity index is 2.55. The average Bonchev–Trinajstić information content (AvgIpc) is 2.57. The lowest BCUT2D eigenvalue weighted by atomic mass is 10.2. The minimum atomic E-state index is 0.584. The smallest absolute Gasteiger partial charge is 0.206 e. The molecule has 0 saturated carbocycles. The van der Waals surface area contributed by atoms with Crippen LogP contribution in [0.5, 0.6) is 0 Å². The van der Waals surface area contributed by atoms with E-state index in [-0.39, 0.29) is 0 Å². The summed E-state index contributed by atoms with van der Waals surface area (Å²) in [7, 11) is 0. The van der Waals surface area contributed by atoms with Gasteiger partial charge in [-0.1, -0.05) is 0 Å². The van der Waals surface area contributed by atoms with E-state index in [9.17, 15) is 0 Å². The molecule has 0 saturated heterocycles. The Bertz CT molecular complexity index is 367. The van der Waals surface area contributed by atoms with Gasteiger partial charge in [0.05, 0.1) is 0 Å². The molecule has 0 spiro atoms. The lowest BCUT2D eigenvalue weighted by Crippen LogP contribution is -1.87. The van der Waals surface area contributed by atoms with Crippen molar-refractivity contribution in [2.45, 2.75) is 6.92 Å². The van der Waals surface area contributed by atoms with Crippen LogP contribution in [0.4, 0.5) is 0 Å². The minimum absolute atomic E-state index is 0.584. The number of nitrogens with zero attached hydrogens (tertiary/aromatic N) is 4. The molecule has 0 atom stereocenters. The molecule has 1 N–H and O–H groups in total. The molecule has 0 aromatic carbocycles. The van der Waals surface area contributed by atoms with Gasteiger partial charge in [0.2, 0.25) is 5.82 Å². The molecule has 0 aliphatic heterocycles. The van der Waals surface area contributed by atoms with Crippen molar-refractivity contribution >= 4 is 0 Å². The first-order valence-electron chi connectivity index (χ1n) is 3.53. The summed E-state index contributed by atoms with van der Waals surface area (Å²) >= 11 is 0. The molecule has 0 amide bonds. The molecule has 60 valence electrons. The van der Waals surface area contributed by atoms with Gasteiger partial charge in [-0.15, -0.1) is 10.2 Å². The van der Waals surface area contributed by atoms with E-state index >= 15 is 0 Å². The fourth-order valence-corrected chi connectivity index (χ4v) is 0.996. The van der Waals surface area contributed by atoms with Crippen LogP contribution < -0.4 is 0 Å². The van der Waals surface area contributed by atoms with Crippen LogP contribution in [0.15, 0.2) is 18.3 Å². The van der Waals surface area contributed by atoms with Crippen LogP contribution in [0, 0.1) is 6.92 Å². The molecule has 2 aromatic rings. The number of nitrogens with one attached hydrogen (secondary N) is 1. The highest BCUT2D eigenvalue weighted by molar-refractivity contribution is 5.56. The van der Waals surface area contributed by atoms with Gasteiger partial charge in [-0.05, 0) is 24.3 Å². The Kier molecular flexibility index (Phi) is 1.55. The van der Waals surface area contributed by atoms with Crippen molar-refractivity contribution in [2.24, 2.45) is 0 Å². The van der Waals surface area contributed by atoms with Gasteiger partial charge < -0.3 is 0 Å². The molecule has 0 aliphatic rings. The van der Waals surface area contributed by atoms with Gasteiger partial charge in [-0.25, -0.2) is 0 Å². The van der Waals surface area contributed by atoms with E-state index in [1.807, 2.05) is 19.1 Å². The summed E-state index contributed by atoms with van der Waals surface area (Å²) in [6.07, 6.45) is 1.74. The molecule has 0 fully saturated rings. The molecule has 5 heteroatoms. The van der Waals surface area contributed by atoms with Crippen molar-refractivity contribution < 1.29 is 0 Å². The van der Waals surface area contributed by atoms with Crippen molar-refractivity contribution in [1.82, 2.24) is 25.6 Å². The minimum Gasteiger partial charge on any atom is -0.261 e. The van der Waals surface area contributed by atoms with Crippen molar-refractivity contribution in [3.8, 4) is 11.4 Å². The first kappa shape index (κ1) is 6.90. The van der Waals surface area contributed by atoms with E-state index < -0.39 is 0 Å². The zero-order valence-corrected chi connectivity index (χ0v) is 6.52. The number of hydrogen-bond acceptors (Lipinski definition) is 4. The number of rotatable bonds is 1. The summed E-state index contributed by atoms with van der Waals surface area (Å²) in [5, 5.41) is 13.6. The maximum Gasteiger partial charge on any atom is 0.206 e. The monoisotopic (exact) mass is 161 g/mol. The van der Waals surface area contributed by atoms with Gasteiger partial charge in [-0.3, -0.25) is 4.98 Å². The molecular weight excluding hydrogens is 154 g/mol. The van der Waals surface area contributed by atoms with Crippen LogP contribution in [0.25, 0.3) is 11.4 Å². The van der Waals surface area contributed by atoms with Crippen molar-refractivity contribution in [1.29, 1.82) is 0 Å². The number of hydrogen-bond donors (Lipinski definition) is 1. The maximum absolute atomic E-state index is 4.11. The van der Waals surface area contributed by atoms with E-state index in [1.165, 1.54) is 0 Å². The van der Waals surface area contributed by atoms with E-state index in [0.29, 0.717) is 5.82 Å². The Morgan fingerprint density at radius 2 is 2.33 bits per heavy atom. The van der Waals surface area contributed by atoms with Gasteiger partial charge in [0.25, 0.3) is 0 Å². The summed E-state index contributed by atoms with van der Waals surface area (Å²) < 4.78 is 0. The number of aryl methyl sites for hydroxylation is 1. The predicted octanol–water partition coefficient (Wildman–Crippen LogP) is 0.570. The van der Waals surface area contributed by atoms with Gasteiger partial charge >= 0.3 is 0 Å². The van der Waals surface area contributed by atoms with Crippen LogP contribution >= 0.6 is 0 Å². The lowest BCUT2D eigenvalue weighted by molar-refractivity contribution is 0.881. The quantitative estimate of drug-likeness (QED) is 0.663. The highest BCUT2D eigenvalue weighted by Crippen LogP contribution is 2.14. The predicted molar refractivity (Wildman–Crippen MR) is 42.1 cm³/mol. The normalized spacial score (nSPS) is 10.1. The molecule has 2 rings (SSSR count). The van der Waals surface area contributed by atoms with E-state index in [1.54, 1.807) is 6.20 Å². The van der Waals surface area contributed by atoms with Gasteiger partial charge in [-0.2, -0.15) is 5.21 Å². The lowest BCUT2D eigenvalue weighted by Gasteiger charge is -1.96. The second kappa shape index (κ2) is 2.69. The fraction of sp³-hybridized carbons (Fsp3) is 0.143. The zero-order chi connectivity index (χ0) is 8.39. The van der Waals surface area contributed by atoms with Crippen molar-refractivity contribution in [3.63, 3.8) is 0 Å². The molecular formula is C7H7N5. The second-order valence-corrected chi connectivity index (χ2v) is 2.37. The van der Waals surface area contributed by atoms with Gasteiger partial charge in [0, 0.05) is 17.5 Å². The summed E-state index contributed by atoms with van der Waals surface area (Å²) in [4.78, 5) is 4.11. The molecule has 2 heterocycles. The van der Waals surface area contributed by atoms with Crippen LogP contribution in [-0.4, -0.2) is 25.6 Å². The largest absolute Gasteiger partial charge is 0.261 e. The molecule has 12 heavy (non-hydrogen) atoms. The third-order valence-corrected chi connectivity index (χ3v) is 1.59. The number of aromatic amines is 1. The van der Waals surface area contributed by atoms with Gasteiger partial charge in [0.15, 0.2) is 0 Å². The van der Waals surface area contributed by atoms with Crippen LogP contribution in [0.1, 0.15) is 5.69 Å². The van der Waals surface area contributed by atoms with E-state index in [4.69, 9.17) is 0 Å². The first-order chi connectivity index (χ1) is 5.88. The summed E-state index contributed by atoms with van der Waals surface area (Å²) in [6.45, 7) is 1.91. The summed E-state index contributed by atoms with van der Waals surface area (Å²) in [6, 6.07) is 3.76. The Morgan fingerprint density at radius 1 is 1.42 bits per heavy atom. The number of tetrazole rings is 1. The third-order valence-electron chi connectivity index (χ3n) is 1.59. The molecule has 0 aliphatic carbocycles. The standard InChI is InChI=1S/C7H7N5/c1-5-6(3-2-4-8-5)7-9-11-12-10-7/h2-4H,1H3,(H,9,10,11,12). The number of H-pyrrole nitrogens is 1. The van der Waals surface area contributed by atoms with Crippen molar-refractivity contribution in [3.05, 3.63) is 24.0 Å². The molecule has 0 radical (unpaired) electrons. The van der Waals surface area contributed by atoms with E-state index in [0.717, 1.165) is 11.3 Å². The van der Waals surface area contributed by atoms with Crippen LogP contribution in [-0.2, 0) is 0 Å². The Hall–Kier alpha value is -1.78. The zero-order valence-electron chi connectivity index (χ0n) is 6.52. The Labute approximate surface area is 68.8 Å². The maximum atomic E-state index is 4.11. The Morgan fingerprint density at radius 3 is 3.00 bits per heavy atom. The van der Waals surface area contributed by atoms with Crippen LogP contribution in [0.2, 0.25) is 0 Å². The van der Waals surface area contributed by atoms with Gasteiger partial charge in [0.1, 0.15) is 0 Å². The second-order valence-electron chi connectivity index (χ2n) is 2.37. The fourth-order valence-electron chi connectivity index (χ4n) is 0.996. The number of pyridine rings is 1.